The molecule has 1 N–H and O–H groups in total. The molecule has 2 rings (SSSR count). The maximum Gasteiger partial charge on any atom is 0.348 e. The number of aliphatic carboxylic acids is 1. The third-order valence-electron chi connectivity index (χ3n) is 4.23. The van der Waals surface area contributed by atoms with Gasteiger partial charge in [0.1, 0.15) is 0 Å². The van der Waals surface area contributed by atoms with Crippen LogP contribution in [0, 0.1) is 19.8 Å². The third kappa shape index (κ3) is 2.76. The molecule has 2 unspecified atom stereocenters. The van der Waals surface area contributed by atoms with E-state index < -0.39 is 11.9 Å². The Morgan fingerprint density at radius 1 is 1.40 bits per heavy atom. The fraction of sp³-hybridized carbons (Fsp3) is 0.667. The van der Waals surface area contributed by atoms with Crippen LogP contribution in [0.4, 0.5) is 0 Å². The first kappa shape index (κ1) is 14.8. The molecular formula is C15H22N2O3. The lowest BCUT2D eigenvalue weighted by molar-refractivity contribution is -0.138. The van der Waals surface area contributed by atoms with Gasteiger partial charge in [-0.05, 0) is 40.0 Å². The second-order valence-corrected chi connectivity index (χ2v) is 5.94. The minimum Gasteiger partial charge on any atom is -0.481 e. The van der Waals surface area contributed by atoms with Gasteiger partial charge in [0.05, 0.1) is 5.92 Å². The molecule has 0 radical (unpaired) electrons. The van der Waals surface area contributed by atoms with Crippen molar-refractivity contribution in [2.24, 2.45) is 5.92 Å². The van der Waals surface area contributed by atoms with Crippen molar-refractivity contribution in [2.75, 3.05) is 0 Å². The van der Waals surface area contributed by atoms with Crippen LogP contribution in [0.15, 0.2) is 4.79 Å². The standard InChI is InChI=1S/C15H22N2O3/c1-8(7-12-5-6-12)17-11(4)13(9(2)14(18)19)10(3)16-15(17)20/h8-9,12H,5-7H2,1-4H3,(H,18,19). The Labute approximate surface area is 118 Å². The highest BCUT2D eigenvalue weighted by molar-refractivity contribution is 5.76. The van der Waals surface area contributed by atoms with Crippen molar-refractivity contribution in [3.05, 3.63) is 27.4 Å². The van der Waals surface area contributed by atoms with Gasteiger partial charge in [-0.15, -0.1) is 0 Å². The highest BCUT2D eigenvalue weighted by Crippen LogP contribution is 2.37. The maximum absolute atomic E-state index is 12.2. The molecule has 1 fully saturated rings. The monoisotopic (exact) mass is 278 g/mol. The lowest BCUT2D eigenvalue weighted by Gasteiger charge is -2.22. The number of hydrogen-bond acceptors (Lipinski definition) is 3. The molecule has 1 aliphatic rings. The van der Waals surface area contributed by atoms with E-state index in [1.807, 2.05) is 13.8 Å². The first-order valence-corrected chi connectivity index (χ1v) is 7.15. The number of hydrogen-bond donors (Lipinski definition) is 1. The lowest BCUT2D eigenvalue weighted by atomic mass is 9.97. The Morgan fingerprint density at radius 2 is 2.00 bits per heavy atom. The average Bonchev–Trinajstić information content (AvgIpc) is 3.11. The number of carboxylic acids is 1. The van der Waals surface area contributed by atoms with E-state index in [4.69, 9.17) is 0 Å². The number of rotatable bonds is 5. The zero-order valence-electron chi connectivity index (χ0n) is 12.5. The van der Waals surface area contributed by atoms with E-state index in [1.54, 1.807) is 18.4 Å². The van der Waals surface area contributed by atoms with E-state index in [2.05, 4.69) is 4.98 Å². The zero-order chi connectivity index (χ0) is 15.0. The largest absolute Gasteiger partial charge is 0.481 e. The molecule has 110 valence electrons. The molecule has 1 saturated carbocycles. The molecule has 5 heteroatoms. The molecule has 0 bridgehead atoms. The summed E-state index contributed by atoms with van der Waals surface area (Å²) < 4.78 is 1.67. The van der Waals surface area contributed by atoms with Crippen molar-refractivity contribution in [3.8, 4) is 0 Å². The van der Waals surface area contributed by atoms with Gasteiger partial charge in [-0.1, -0.05) is 12.8 Å². The Balaban J connectivity index is 2.48. The summed E-state index contributed by atoms with van der Waals surface area (Å²) in [5, 5.41) is 9.22. The second kappa shape index (κ2) is 5.38. The van der Waals surface area contributed by atoms with Crippen LogP contribution in [-0.4, -0.2) is 20.6 Å². The van der Waals surface area contributed by atoms with Crippen molar-refractivity contribution >= 4 is 5.97 Å². The second-order valence-electron chi connectivity index (χ2n) is 5.94. The molecule has 0 aliphatic heterocycles. The van der Waals surface area contributed by atoms with Gasteiger partial charge in [0.2, 0.25) is 0 Å². The molecule has 1 aromatic heterocycles. The topological polar surface area (TPSA) is 72.2 Å². The maximum atomic E-state index is 12.2. The predicted octanol–water partition coefficient (Wildman–Crippen LogP) is 2.41. The smallest absolute Gasteiger partial charge is 0.348 e. The van der Waals surface area contributed by atoms with Gasteiger partial charge in [0, 0.05) is 23.0 Å². The zero-order valence-corrected chi connectivity index (χ0v) is 12.5. The summed E-state index contributed by atoms with van der Waals surface area (Å²) in [5.41, 5.74) is 1.66. The quantitative estimate of drug-likeness (QED) is 0.897. The summed E-state index contributed by atoms with van der Waals surface area (Å²) in [6.45, 7) is 7.19. The van der Waals surface area contributed by atoms with Gasteiger partial charge in [0.25, 0.3) is 0 Å². The number of nitrogens with zero attached hydrogens (tertiary/aromatic N) is 2. The van der Waals surface area contributed by atoms with Gasteiger partial charge in [-0.2, -0.15) is 4.98 Å². The summed E-state index contributed by atoms with van der Waals surface area (Å²) in [4.78, 5) is 27.4. The molecule has 2 atom stereocenters. The van der Waals surface area contributed by atoms with Gasteiger partial charge in [0.15, 0.2) is 0 Å². The Morgan fingerprint density at radius 3 is 2.50 bits per heavy atom. The van der Waals surface area contributed by atoms with Crippen LogP contribution in [0.3, 0.4) is 0 Å². The molecule has 1 heterocycles. The van der Waals surface area contributed by atoms with Crippen LogP contribution in [0.5, 0.6) is 0 Å². The highest BCUT2D eigenvalue weighted by atomic mass is 16.4. The van der Waals surface area contributed by atoms with Gasteiger partial charge >= 0.3 is 11.7 Å². The molecule has 1 aromatic rings. The minimum absolute atomic E-state index is 0.0721. The molecule has 1 aliphatic carbocycles. The summed E-state index contributed by atoms with van der Waals surface area (Å²) in [6, 6.07) is 0.0721. The van der Waals surface area contributed by atoms with Crippen LogP contribution in [-0.2, 0) is 4.79 Å². The van der Waals surface area contributed by atoms with Crippen LogP contribution in [0.2, 0.25) is 0 Å². The molecule has 0 spiro atoms. The fourth-order valence-corrected chi connectivity index (χ4v) is 3.00. The van der Waals surface area contributed by atoms with Crippen molar-refractivity contribution in [1.82, 2.24) is 9.55 Å². The molecule has 0 saturated heterocycles. The first-order valence-electron chi connectivity index (χ1n) is 7.15. The Bertz CT molecular complexity index is 588. The summed E-state index contributed by atoms with van der Waals surface area (Å²) in [7, 11) is 0. The molecule has 0 amide bonds. The van der Waals surface area contributed by atoms with Crippen molar-refractivity contribution < 1.29 is 9.90 Å². The van der Waals surface area contributed by atoms with Crippen molar-refractivity contribution in [3.63, 3.8) is 0 Å². The first-order chi connectivity index (χ1) is 9.32. The van der Waals surface area contributed by atoms with Crippen LogP contribution in [0.25, 0.3) is 0 Å². The summed E-state index contributed by atoms with van der Waals surface area (Å²) in [6.07, 6.45) is 3.43. The molecule has 0 aromatic carbocycles. The van der Waals surface area contributed by atoms with Crippen LogP contribution >= 0.6 is 0 Å². The van der Waals surface area contributed by atoms with E-state index in [9.17, 15) is 14.7 Å². The van der Waals surface area contributed by atoms with E-state index in [0.29, 0.717) is 17.2 Å². The van der Waals surface area contributed by atoms with E-state index in [-0.39, 0.29) is 11.7 Å². The van der Waals surface area contributed by atoms with Crippen molar-refractivity contribution in [2.45, 2.75) is 58.9 Å². The van der Waals surface area contributed by atoms with Gasteiger partial charge in [-0.3, -0.25) is 9.36 Å². The lowest BCUT2D eigenvalue weighted by Crippen LogP contribution is -2.31. The number of carboxylic acid groups (broad SMARTS) is 1. The van der Waals surface area contributed by atoms with Crippen LogP contribution < -0.4 is 5.69 Å². The molecular weight excluding hydrogens is 256 g/mol. The van der Waals surface area contributed by atoms with Crippen molar-refractivity contribution in [1.29, 1.82) is 0 Å². The Hall–Kier alpha value is -1.65. The third-order valence-corrected chi connectivity index (χ3v) is 4.23. The Kier molecular flexibility index (Phi) is 3.97. The van der Waals surface area contributed by atoms with E-state index in [0.717, 1.165) is 12.1 Å². The number of aromatic nitrogens is 2. The SMILES string of the molecule is Cc1nc(=O)n(C(C)CC2CC2)c(C)c1C(C)C(=O)O. The van der Waals surface area contributed by atoms with E-state index >= 15 is 0 Å². The number of aryl methyl sites for hydroxylation is 1. The highest BCUT2D eigenvalue weighted by Gasteiger charge is 2.28. The molecule has 20 heavy (non-hydrogen) atoms. The predicted molar refractivity (Wildman–Crippen MR) is 76.1 cm³/mol. The normalized spacial score (nSPS) is 17.8. The van der Waals surface area contributed by atoms with Crippen LogP contribution in [0.1, 0.15) is 62.0 Å². The van der Waals surface area contributed by atoms with E-state index in [1.165, 1.54) is 12.8 Å². The minimum atomic E-state index is -0.891. The molecule has 5 nitrogen and oxygen atoms in total. The number of carbonyl (C=O) groups is 1. The summed E-state index contributed by atoms with van der Waals surface area (Å²) in [5.74, 6) is -0.835. The van der Waals surface area contributed by atoms with Gasteiger partial charge < -0.3 is 5.11 Å². The fourth-order valence-electron chi connectivity index (χ4n) is 3.00. The van der Waals surface area contributed by atoms with Gasteiger partial charge in [-0.25, -0.2) is 4.79 Å². The average molecular weight is 278 g/mol. The summed E-state index contributed by atoms with van der Waals surface area (Å²) >= 11 is 0.